The van der Waals surface area contributed by atoms with Gasteiger partial charge in [-0.2, -0.15) is 0 Å². The van der Waals surface area contributed by atoms with Crippen molar-refractivity contribution >= 4 is 32.1 Å². The molecule has 2 bridgehead atoms. The molecule has 1 amide bonds. The summed E-state index contributed by atoms with van der Waals surface area (Å²) in [7, 11) is -2.52. The van der Waals surface area contributed by atoms with Crippen LogP contribution < -0.4 is 5.32 Å². The lowest BCUT2D eigenvalue weighted by molar-refractivity contribution is -0.344. The minimum absolute atomic E-state index is 0.0586. The number of benzene rings is 1. The van der Waals surface area contributed by atoms with Crippen LogP contribution in [0.3, 0.4) is 0 Å². The van der Waals surface area contributed by atoms with E-state index in [1.165, 1.54) is 13.0 Å². The fourth-order valence-corrected chi connectivity index (χ4v) is 12.4. The molecule has 1 heterocycles. The van der Waals surface area contributed by atoms with Gasteiger partial charge in [-0.1, -0.05) is 58.9 Å². The lowest BCUT2D eigenvalue weighted by atomic mass is 9.44. The second-order valence-corrected chi connectivity index (χ2v) is 20.3. The van der Waals surface area contributed by atoms with Crippen LogP contribution in [0.4, 0.5) is 4.79 Å². The lowest BCUT2D eigenvalue weighted by Crippen LogP contribution is -2.82. The number of ketones is 1. The van der Waals surface area contributed by atoms with Gasteiger partial charge in [-0.05, 0) is 55.3 Å². The number of hydrogen-bond acceptors (Lipinski definition) is 11. The molecule has 1 aromatic rings. The maximum Gasteiger partial charge on any atom is 0.408 e. The van der Waals surface area contributed by atoms with E-state index in [1.807, 2.05) is 0 Å². The highest BCUT2D eigenvalue weighted by molar-refractivity contribution is 6.73. The number of rotatable bonds is 11. The Labute approximate surface area is 307 Å². The number of amides is 1. The van der Waals surface area contributed by atoms with Gasteiger partial charge in [0.1, 0.15) is 17.8 Å². The summed E-state index contributed by atoms with van der Waals surface area (Å²) in [5, 5.41) is 27.6. The molecule has 0 aromatic heterocycles. The SMILES string of the molecule is C=CCNC(=O)O[C@H]1C(=O)[C@]2(C)[C@@H](O[Si](CC)(CC)CC)C[C@H]3OC[C@@]3(OC(C)=O)[C@H]2[C@H](OC(=O)c2ccccc2)[C@]2(O)C[C@H](O)C(C)=C1C2(C)C. The second-order valence-electron chi connectivity index (χ2n) is 15.6. The number of nitrogens with one attached hydrogen (secondary N) is 1. The van der Waals surface area contributed by atoms with E-state index < -0.39 is 90.6 Å². The second kappa shape index (κ2) is 14.5. The van der Waals surface area contributed by atoms with Gasteiger partial charge in [0.05, 0.1) is 35.7 Å². The molecule has 3 aliphatic carbocycles. The number of carbonyl (C=O) groups is 4. The summed E-state index contributed by atoms with van der Waals surface area (Å²) in [6, 6.07) is 10.5. The first-order valence-corrected chi connectivity index (χ1v) is 20.9. The van der Waals surface area contributed by atoms with Crippen LogP contribution in [0.25, 0.3) is 0 Å². The van der Waals surface area contributed by atoms with Gasteiger partial charge >= 0.3 is 18.0 Å². The number of Topliss-reactive ketones (excluding diaryl/α,β-unsaturated/α-hetero) is 1. The summed E-state index contributed by atoms with van der Waals surface area (Å²) in [5.74, 6) is -3.29. The number of fused-ring (bicyclic) bond motifs is 5. The Morgan fingerprint density at radius 3 is 2.25 bits per heavy atom. The molecule has 1 aromatic carbocycles. The monoisotopic (exact) mass is 741 g/mol. The minimum Gasteiger partial charge on any atom is -0.455 e. The Hall–Kier alpha value is -3.36. The molecule has 1 aliphatic heterocycles. The average Bonchev–Trinajstić information content (AvgIpc) is 3.10. The number of aliphatic hydroxyl groups excluding tert-OH is 1. The van der Waals surface area contributed by atoms with E-state index in [4.69, 9.17) is 23.4 Å². The Kier molecular flexibility index (Phi) is 11.1. The lowest BCUT2D eigenvalue weighted by Gasteiger charge is -2.68. The fraction of sp³-hybridized carbons (Fsp3) is 0.641. The van der Waals surface area contributed by atoms with E-state index in [2.05, 4.69) is 32.7 Å². The molecule has 52 heavy (non-hydrogen) atoms. The molecule has 9 atom stereocenters. The number of ether oxygens (including phenoxy) is 4. The molecule has 1 saturated heterocycles. The molecule has 0 spiro atoms. The van der Waals surface area contributed by atoms with Gasteiger partial charge in [0.15, 0.2) is 25.8 Å². The summed E-state index contributed by atoms with van der Waals surface area (Å²) in [5.41, 5.74) is -6.09. The molecule has 0 radical (unpaired) electrons. The Morgan fingerprint density at radius 1 is 1.08 bits per heavy atom. The summed E-state index contributed by atoms with van der Waals surface area (Å²) in [6.45, 7) is 17.7. The summed E-state index contributed by atoms with van der Waals surface area (Å²) in [6.07, 6.45) is -5.75. The highest BCUT2D eigenvalue weighted by atomic mass is 28.4. The minimum atomic E-state index is -2.52. The Bertz CT molecular complexity index is 1600. The molecule has 13 heteroatoms. The summed E-state index contributed by atoms with van der Waals surface area (Å²) < 4.78 is 32.2. The Balaban J connectivity index is 1.87. The van der Waals surface area contributed by atoms with E-state index in [1.54, 1.807) is 58.0 Å². The van der Waals surface area contributed by atoms with Crippen LogP contribution in [0.2, 0.25) is 18.1 Å². The quantitative estimate of drug-likeness (QED) is 0.121. The number of hydrogen-bond donors (Lipinski definition) is 3. The number of alkyl carbamates (subject to hydrolysis) is 1. The topological polar surface area (TPSA) is 167 Å². The molecule has 5 rings (SSSR count). The first-order chi connectivity index (χ1) is 24.4. The van der Waals surface area contributed by atoms with Crippen LogP contribution in [0.5, 0.6) is 0 Å². The number of aliphatic hydroxyl groups is 2. The van der Waals surface area contributed by atoms with E-state index in [0.29, 0.717) is 5.57 Å². The molecule has 286 valence electrons. The Morgan fingerprint density at radius 2 is 1.71 bits per heavy atom. The van der Waals surface area contributed by atoms with Gasteiger partial charge in [0.25, 0.3) is 0 Å². The molecule has 0 unspecified atom stereocenters. The normalized spacial score (nSPS) is 35.1. The van der Waals surface area contributed by atoms with Crippen LogP contribution >= 0.6 is 0 Å². The summed E-state index contributed by atoms with van der Waals surface area (Å²) >= 11 is 0. The summed E-state index contributed by atoms with van der Waals surface area (Å²) in [4.78, 5) is 56.5. The smallest absolute Gasteiger partial charge is 0.408 e. The van der Waals surface area contributed by atoms with Gasteiger partial charge in [-0.25, -0.2) is 9.59 Å². The van der Waals surface area contributed by atoms with E-state index in [9.17, 15) is 24.6 Å². The highest BCUT2D eigenvalue weighted by Crippen LogP contribution is 2.65. The zero-order valence-electron chi connectivity index (χ0n) is 31.7. The van der Waals surface area contributed by atoms with E-state index in [0.717, 1.165) is 18.1 Å². The van der Waals surface area contributed by atoms with Crippen molar-refractivity contribution in [3.8, 4) is 0 Å². The van der Waals surface area contributed by atoms with Crippen molar-refractivity contribution in [3.63, 3.8) is 0 Å². The van der Waals surface area contributed by atoms with Crippen molar-refractivity contribution in [1.29, 1.82) is 0 Å². The van der Waals surface area contributed by atoms with Crippen molar-refractivity contribution in [2.75, 3.05) is 13.2 Å². The van der Waals surface area contributed by atoms with Crippen molar-refractivity contribution in [1.82, 2.24) is 5.32 Å². The maximum atomic E-state index is 15.9. The third-order valence-corrected chi connectivity index (χ3v) is 17.5. The largest absolute Gasteiger partial charge is 0.455 e. The molecule has 12 nitrogen and oxygen atoms in total. The van der Waals surface area contributed by atoms with E-state index in [-0.39, 0.29) is 37.1 Å². The number of esters is 2. The molecular formula is C39H55NO11Si. The zero-order chi connectivity index (χ0) is 38.4. The van der Waals surface area contributed by atoms with Crippen molar-refractivity contribution in [3.05, 3.63) is 59.7 Å². The molecular weight excluding hydrogens is 687 g/mol. The maximum absolute atomic E-state index is 15.9. The first kappa shape index (κ1) is 39.8. The van der Waals surface area contributed by atoms with Gasteiger partial charge < -0.3 is 38.9 Å². The van der Waals surface area contributed by atoms with Gasteiger partial charge in [0.2, 0.25) is 0 Å². The van der Waals surface area contributed by atoms with Gasteiger partial charge in [-0.15, -0.1) is 6.58 Å². The zero-order valence-corrected chi connectivity index (χ0v) is 32.7. The molecule has 4 aliphatic rings. The van der Waals surface area contributed by atoms with Crippen LogP contribution in [0.1, 0.15) is 78.6 Å². The molecule has 3 N–H and O–H groups in total. The van der Waals surface area contributed by atoms with Crippen molar-refractivity contribution in [2.24, 2.45) is 16.7 Å². The van der Waals surface area contributed by atoms with Crippen LogP contribution in [-0.4, -0.2) is 97.2 Å². The van der Waals surface area contributed by atoms with Crippen LogP contribution in [0, 0.1) is 16.7 Å². The highest BCUT2D eigenvalue weighted by Gasteiger charge is 2.78. The van der Waals surface area contributed by atoms with Gasteiger partial charge in [-0.3, -0.25) is 9.59 Å². The van der Waals surface area contributed by atoms with Crippen molar-refractivity contribution < 1.29 is 52.8 Å². The molecule has 2 saturated carbocycles. The standard InChI is InChI=1S/C39H55NO11Si/c1-10-19-40-35(45)48-30-29-23(5)26(42)21-39(46,36(29,7)8)33(49-34(44)25-17-15-14-16-18-25)31-37(9,32(30)43)27(51-52(11-2,12-3)13-4)20-28-38(31,22-47-28)50-24(6)41/h10,14-18,26-28,30-31,33,42,46H,1,11-13,19-22H2,2-9H3,(H,40,45)/t26-,27-,28+,30+,31-,33-,37+,38-,39+/m0/s1. The van der Waals surface area contributed by atoms with Gasteiger partial charge in [0, 0.05) is 31.7 Å². The predicted molar refractivity (Wildman–Crippen MR) is 194 cm³/mol. The van der Waals surface area contributed by atoms with Crippen LogP contribution in [-0.2, 0) is 33.0 Å². The van der Waals surface area contributed by atoms with Crippen LogP contribution in [0.15, 0.2) is 54.1 Å². The first-order valence-electron chi connectivity index (χ1n) is 18.4. The fourth-order valence-electron chi connectivity index (χ4n) is 9.50. The predicted octanol–water partition coefficient (Wildman–Crippen LogP) is 5.03. The van der Waals surface area contributed by atoms with Crippen molar-refractivity contribution in [2.45, 2.75) is 128 Å². The third kappa shape index (κ3) is 6.15. The number of carbonyl (C=O) groups excluding carboxylic acids is 4. The molecule has 3 fully saturated rings. The van der Waals surface area contributed by atoms with E-state index >= 15 is 4.79 Å². The average molecular weight is 742 g/mol. The third-order valence-electron chi connectivity index (χ3n) is 12.8.